The normalized spacial score (nSPS) is 16.6. The highest BCUT2D eigenvalue weighted by atomic mass is 79.9. The highest BCUT2D eigenvalue weighted by Crippen LogP contribution is 2.32. The van der Waals surface area contributed by atoms with Crippen LogP contribution in [0.1, 0.15) is 44.2 Å². The Hall–Kier alpha value is -0.670. The molecule has 0 radical (unpaired) electrons. The van der Waals surface area contributed by atoms with Gasteiger partial charge in [0.15, 0.2) is 0 Å². The third kappa shape index (κ3) is 4.54. The second-order valence-electron chi connectivity index (χ2n) is 5.16. The molecule has 0 amide bonds. The summed E-state index contributed by atoms with van der Waals surface area (Å²) >= 11 is 3.43. The average Bonchev–Trinajstić information content (AvgIpc) is 3.13. The van der Waals surface area contributed by atoms with Crippen LogP contribution in [0.3, 0.4) is 0 Å². The molecule has 1 N–H and O–H groups in total. The van der Waals surface area contributed by atoms with Crippen molar-refractivity contribution in [3.8, 4) is 0 Å². The maximum Gasteiger partial charge on any atom is 0.134 e. The summed E-state index contributed by atoms with van der Waals surface area (Å²) in [5, 5.41) is 3.41. The van der Waals surface area contributed by atoms with E-state index in [9.17, 15) is 4.79 Å². The first-order chi connectivity index (χ1) is 8.65. The van der Waals surface area contributed by atoms with Crippen LogP contribution in [0.5, 0.6) is 0 Å². The van der Waals surface area contributed by atoms with Gasteiger partial charge in [-0.2, -0.15) is 0 Å². The van der Waals surface area contributed by atoms with Crippen molar-refractivity contribution in [2.24, 2.45) is 5.92 Å². The lowest BCUT2D eigenvalue weighted by atomic mass is 10.1. The number of ketones is 1. The summed E-state index contributed by atoms with van der Waals surface area (Å²) in [4.78, 5) is 11.6. The lowest BCUT2D eigenvalue weighted by Gasteiger charge is -2.14. The fourth-order valence-electron chi connectivity index (χ4n) is 2.04. The van der Waals surface area contributed by atoms with Crippen LogP contribution in [0.2, 0.25) is 0 Å². The van der Waals surface area contributed by atoms with Crippen LogP contribution in [0.15, 0.2) is 28.7 Å². The van der Waals surface area contributed by atoms with Crippen LogP contribution in [0.4, 0.5) is 0 Å². The Balaban J connectivity index is 1.68. The van der Waals surface area contributed by atoms with Gasteiger partial charge in [0.2, 0.25) is 0 Å². The largest absolute Gasteiger partial charge is 0.310 e. The summed E-state index contributed by atoms with van der Waals surface area (Å²) in [7, 11) is 0. The van der Waals surface area contributed by atoms with E-state index in [4.69, 9.17) is 0 Å². The predicted molar refractivity (Wildman–Crippen MR) is 77.5 cm³/mol. The Morgan fingerprint density at radius 2 is 2.06 bits per heavy atom. The summed E-state index contributed by atoms with van der Waals surface area (Å²) in [6, 6.07) is 8.60. The van der Waals surface area contributed by atoms with E-state index in [1.54, 1.807) is 0 Å². The summed E-state index contributed by atoms with van der Waals surface area (Å²) in [5.74, 6) is 1.12. The molecule has 0 saturated heterocycles. The van der Waals surface area contributed by atoms with E-state index in [2.05, 4.69) is 40.3 Å². The van der Waals surface area contributed by atoms with Gasteiger partial charge in [0.25, 0.3) is 0 Å². The Labute approximate surface area is 117 Å². The highest BCUT2D eigenvalue weighted by Gasteiger charge is 2.23. The molecule has 3 heteroatoms. The Morgan fingerprint density at radius 3 is 2.67 bits per heavy atom. The molecular weight excluding hydrogens is 290 g/mol. The molecule has 1 aromatic carbocycles. The lowest BCUT2D eigenvalue weighted by Crippen LogP contribution is -2.22. The van der Waals surface area contributed by atoms with Gasteiger partial charge in [-0.15, -0.1) is 0 Å². The summed E-state index contributed by atoms with van der Waals surface area (Å²) in [6.07, 6.45) is 3.98. The van der Waals surface area contributed by atoms with Gasteiger partial charge in [0.05, 0.1) is 0 Å². The number of hydrogen-bond acceptors (Lipinski definition) is 2. The van der Waals surface area contributed by atoms with E-state index < -0.39 is 0 Å². The monoisotopic (exact) mass is 309 g/mol. The zero-order valence-corrected chi connectivity index (χ0v) is 12.4. The molecule has 1 aliphatic rings. The molecule has 18 heavy (non-hydrogen) atoms. The Bertz CT molecular complexity index is 397. The minimum atomic E-state index is 0.298. The van der Waals surface area contributed by atoms with Crippen molar-refractivity contribution in [3.63, 3.8) is 0 Å². The van der Waals surface area contributed by atoms with Gasteiger partial charge < -0.3 is 5.32 Å². The van der Waals surface area contributed by atoms with E-state index in [-0.39, 0.29) is 0 Å². The van der Waals surface area contributed by atoms with E-state index in [1.807, 2.05) is 12.1 Å². The number of Topliss-reactive ketones (excluding diaryl/α,β-unsaturated/α-hetero) is 1. The van der Waals surface area contributed by atoms with Crippen LogP contribution >= 0.6 is 15.9 Å². The molecule has 2 nitrogen and oxygen atoms in total. The molecule has 1 aromatic rings. The number of benzene rings is 1. The van der Waals surface area contributed by atoms with Gasteiger partial charge in [-0.25, -0.2) is 0 Å². The van der Waals surface area contributed by atoms with Gasteiger partial charge in [-0.05, 0) is 43.4 Å². The van der Waals surface area contributed by atoms with Gasteiger partial charge in [-0.3, -0.25) is 4.79 Å². The SMILES string of the molecule is CC(NCCC(=O)CC1CC1)c1ccc(Br)cc1. The van der Waals surface area contributed by atoms with Crippen molar-refractivity contribution in [3.05, 3.63) is 34.3 Å². The first-order valence-corrected chi connectivity index (χ1v) is 7.45. The second kappa shape index (κ2) is 6.48. The quantitative estimate of drug-likeness (QED) is 0.828. The topological polar surface area (TPSA) is 29.1 Å². The van der Waals surface area contributed by atoms with Crippen LogP contribution in [-0.2, 0) is 4.79 Å². The van der Waals surface area contributed by atoms with Gasteiger partial charge in [0.1, 0.15) is 5.78 Å². The summed E-state index contributed by atoms with van der Waals surface area (Å²) in [6.45, 7) is 2.91. The number of nitrogens with one attached hydrogen (secondary N) is 1. The number of rotatable bonds is 7. The van der Waals surface area contributed by atoms with Crippen LogP contribution in [0.25, 0.3) is 0 Å². The minimum absolute atomic E-state index is 0.298. The third-order valence-electron chi connectivity index (χ3n) is 3.44. The molecule has 0 spiro atoms. The number of carbonyl (C=O) groups excluding carboxylic acids is 1. The van der Waals surface area contributed by atoms with Gasteiger partial charge in [0, 0.05) is 29.9 Å². The second-order valence-corrected chi connectivity index (χ2v) is 6.08. The maximum absolute atomic E-state index is 11.6. The molecule has 0 bridgehead atoms. The average molecular weight is 310 g/mol. The third-order valence-corrected chi connectivity index (χ3v) is 3.97. The van der Waals surface area contributed by atoms with E-state index in [1.165, 1.54) is 18.4 Å². The van der Waals surface area contributed by atoms with E-state index in [0.717, 1.165) is 17.4 Å². The van der Waals surface area contributed by atoms with Crippen molar-refractivity contribution in [2.45, 2.75) is 38.6 Å². The molecule has 1 atom stereocenters. The fraction of sp³-hybridized carbons (Fsp3) is 0.533. The molecule has 0 aliphatic heterocycles. The predicted octanol–water partition coefficient (Wildman–Crippen LogP) is 3.86. The molecule has 2 rings (SSSR count). The van der Waals surface area contributed by atoms with Crippen molar-refractivity contribution in [1.82, 2.24) is 5.32 Å². The van der Waals surface area contributed by atoms with Gasteiger partial charge in [-0.1, -0.05) is 28.1 Å². The van der Waals surface area contributed by atoms with Crippen LogP contribution in [-0.4, -0.2) is 12.3 Å². The van der Waals surface area contributed by atoms with Crippen molar-refractivity contribution < 1.29 is 4.79 Å². The number of hydrogen-bond donors (Lipinski definition) is 1. The van der Waals surface area contributed by atoms with Crippen molar-refractivity contribution in [1.29, 1.82) is 0 Å². The molecule has 1 fully saturated rings. The summed E-state index contributed by atoms with van der Waals surface area (Å²) in [5.41, 5.74) is 1.26. The Morgan fingerprint density at radius 1 is 1.39 bits per heavy atom. The zero-order chi connectivity index (χ0) is 13.0. The molecule has 0 aromatic heterocycles. The first-order valence-electron chi connectivity index (χ1n) is 6.65. The standard InChI is InChI=1S/C15H20BrNO/c1-11(13-4-6-14(16)7-5-13)17-9-8-15(18)10-12-2-3-12/h4-7,11-12,17H,2-3,8-10H2,1H3. The first kappa shape index (κ1) is 13.8. The maximum atomic E-state index is 11.6. The molecular formula is C15H20BrNO. The van der Waals surface area contributed by atoms with Crippen LogP contribution in [0, 0.1) is 5.92 Å². The lowest BCUT2D eigenvalue weighted by molar-refractivity contribution is -0.119. The molecule has 1 unspecified atom stereocenters. The van der Waals surface area contributed by atoms with E-state index in [0.29, 0.717) is 24.2 Å². The molecule has 1 saturated carbocycles. The molecule has 1 aliphatic carbocycles. The minimum Gasteiger partial charge on any atom is -0.310 e. The van der Waals surface area contributed by atoms with Gasteiger partial charge >= 0.3 is 0 Å². The Kier molecular flexibility index (Phi) is 4.95. The smallest absolute Gasteiger partial charge is 0.134 e. The number of carbonyl (C=O) groups is 1. The zero-order valence-electron chi connectivity index (χ0n) is 10.8. The van der Waals surface area contributed by atoms with E-state index >= 15 is 0 Å². The highest BCUT2D eigenvalue weighted by molar-refractivity contribution is 9.10. The fourth-order valence-corrected chi connectivity index (χ4v) is 2.31. The summed E-state index contributed by atoms with van der Waals surface area (Å²) < 4.78 is 1.10. The van der Waals surface area contributed by atoms with Crippen LogP contribution < -0.4 is 5.32 Å². The van der Waals surface area contributed by atoms with Crippen molar-refractivity contribution >= 4 is 21.7 Å². The van der Waals surface area contributed by atoms with Crippen molar-refractivity contribution in [2.75, 3.05) is 6.54 Å². The molecule has 0 heterocycles. The molecule has 98 valence electrons. The number of halogens is 1.